The number of hydrogen-bond donors (Lipinski definition) is 0. The van der Waals surface area contributed by atoms with E-state index in [1.54, 1.807) is 13.8 Å². The molecule has 0 atom stereocenters. The van der Waals surface area contributed by atoms with Crippen LogP contribution in [-0.2, 0) is 9.59 Å². The molecule has 4 radical (unpaired) electrons. The molecule has 0 aliphatic rings. The molecule has 0 unspecified atom stereocenters. The van der Waals surface area contributed by atoms with E-state index >= 15 is 0 Å². The normalized spacial score (nSPS) is 6.00. The van der Waals surface area contributed by atoms with E-state index in [2.05, 4.69) is 27.0 Å². The smallest absolute Gasteiger partial charge is 0.545 e. The van der Waals surface area contributed by atoms with Crippen LogP contribution in [0.15, 0.2) is 24.3 Å². The maximum Gasteiger partial charge on any atom is 2.00 e. The van der Waals surface area contributed by atoms with Gasteiger partial charge in [0.25, 0.3) is 0 Å². The Balaban J connectivity index is -0.0000000417. The molecule has 17 heavy (non-hydrogen) atoms. The van der Waals surface area contributed by atoms with Crippen molar-refractivity contribution in [3.8, 4) is 0 Å². The Kier molecular flexibility index (Phi) is 43.1. The Bertz CT molecular complexity index is 175. The molecule has 0 heterocycles. The van der Waals surface area contributed by atoms with Gasteiger partial charge < -0.3 is 19.8 Å². The largest absolute Gasteiger partial charge is 2.00 e. The summed E-state index contributed by atoms with van der Waals surface area (Å²) in [4.78, 5) is 19.0. The summed E-state index contributed by atoms with van der Waals surface area (Å²) in [5, 5.41) is 19.0. The first-order valence-corrected chi connectivity index (χ1v) is 4.44. The number of aliphatic carboxylic acids is 2. The van der Waals surface area contributed by atoms with Crippen LogP contribution in [0.5, 0.6) is 0 Å². The van der Waals surface area contributed by atoms with Crippen molar-refractivity contribution in [3.05, 3.63) is 38.2 Å². The van der Waals surface area contributed by atoms with Crippen LogP contribution >= 0.6 is 0 Å². The van der Waals surface area contributed by atoms with E-state index in [1.807, 2.05) is 0 Å². The molecule has 0 bridgehead atoms. The van der Waals surface area contributed by atoms with Gasteiger partial charge in [0.1, 0.15) is 0 Å². The third-order valence-electron chi connectivity index (χ3n) is 0.697. The second kappa shape index (κ2) is 24.5. The van der Waals surface area contributed by atoms with Crippen molar-refractivity contribution in [2.24, 2.45) is 0 Å². The fourth-order valence-corrected chi connectivity index (χ4v) is 0. The van der Waals surface area contributed by atoms with Gasteiger partial charge in [-0.15, -0.1) is 0 Å². The number of carbonyl (C=O) groups is 2. The number of hydrogen-bond acceptors (Lipinski definition) is 4. The summed E-state index contributed by atoms with van der Waals surface area (Å²) < 4.78 is 0. The molecule has 0 N–H and O–H groups in total. The fourth-order valence-electron chi connectivity index (χ4n) is 0. The predicted octanol–water partition coefficient (Wildman–Crippen LogP) is -0.0752. The van der Waals surface area contributed by atoms with Crippen LogP contribution in [0.2, 0.25) is 0 Å². The van der Waals surface area contributed by atoms with Gasteiger partial charge in [-0.25, -0.2) is 0 Å². The zero-order valence-electron chi connectivity index (χ0n) is 11.0. The number of carbonyl (C=O) groups excluding carboxylic acids is 2. The summed E-state index contributed by atoms with van der Waals surface area (Å²) in [6.07, 6.45) is 0. The van der Waals surface area contributed by atoms with E-state index in [9.17, 15) is 19.8 Å². The predicted molar refractivity (Wildman–Crippen MR) is 67.5 cm³/mol. The summed E-state index contributed by atoms with van der Waals surface area (Å²) in [5.74, 6) is -2.37. The standard InChI is InChI=1S/2C4H6O2.2C2H5.Pb/c2*1-3(2)4(5)6;2*1-2;/h2*1H2,2H3,(H,5,6);2*1H2,2H3;/q;;;;+2/p-2. The SMILES string of the molecule is C=C(C)C(=O)[O-].C=C(C)C(=O)[O-].[CH2]C.[CH2]C.[Pb+2]. The average molecular weight is 435 g/mol. The zero-order chi connectivity index (χ0) is 14.3. The molecule has 0 aliphatic heterocycles. The monoisotopic (exact) mass is 436 g/mol. The summed E-state index contributed by atoms with van der Waals surface area (Å²) in [5.41, 5.74) is 0.130. The molecule has 0 saturated carbocycles. The van der Waals surface area contributed by atoms with Crippen molar-refractivity contribution < 1.29 is 19.8 Å². The molecule has 0 aliphatic carbocycles. The van der Waals surface area contributed by atoms with Crippen LogP contribution in [0.4, 0.5) is 0 Å². The zero-order valence-corrected chi connectivity index (χ0v) is 14.8. The molecule has 4 nitrogen and oxygen atoms in total. The van der Waals surface area contributed by atoms with Gasteiger partial charge in [-0.05, 0) is 25.0 Å². The summed E-state index contributed by atoms with van der Waals surface area (Å²) >= 11 is 0. The third-order valence-corrected chi connectivity index (χ3v) is 0.697. The van der Waals surface area contributed by atoms with Crippen LogP contribution < -0.4 is 10.2 Å². The topological polar surface area (TPSA) is 80.3 Å². The maximum absolute atomic E-state index is 9.49. The molecular weight excluding hydrogens is 415 g/mol. The van der Waals surface area contributed by atoms with Gasteiger partial charge >= 0.3 is 27.3 Å². The minimum Gasteiger partial charge on any atom is -0.545 e. The molecule has 0 spiro atoms. The molecule has 0 aromatic carbocycles. The number of carboxylic acids is 2. The first-order chi connectivity index (χ1) is 7.29. The van der Waals surface area contributed by atoms with Crippen LogP contribution in [-0.4, -0.2) is 39.2 Å². The molecule has 0 saturated heterocycles. The molecule has 0 aromatic heterocycles. The minimum absolute atomic E-state index is 0. The van der Waals surface area contributed by atoms with Gasteiger partial charge in [0.2, 0.25) is 0 Å². The van der Waals surface area contributed by atoms with Crippen LogP contribution in [0.3, 0.4) is 0 Å². The van der Waals surface area contributed by atoms with E-state index in [1.165, 1.54) is 13.8 Å². The van der Waals surface area contributed by atoms with Crippen molar-refractivity contribution in [2.75, 3.05) is 0 Å². The van der Waals surface area contributed by atoms with Gasteiger partial charge in [0, 0.05) is 0 Å². The van der Waals surface area contributed by atoms with Crippen molar-refractivity contribution >= 4 is 39.2 Å². The molecule has 5 heteroatoms. The Morgan fingerprint density at radius 2 is 0.824 bits per heavy atom. The second-order valence-electron chi connectivity index (χ2n) is 2.14. The first kappa shape index (κ1) is 29.9. The summed E-state index contributed by atoms with van der Waals surface area (Å²) in [6.45, 7) is 19.0. The van der Waals surface area contributed by atoms with Crippen LogP contribution in [0.1, 0.15) is 27.7 Å². The second-order valence-corrected chi connectivity index (χ2v) is 2.14. The molecule has 0 rings (SSSR count). The molecule has 0 aromatic rings. The van der Waals surface area contributed by atoms with Crippen LogP contribution in [0.25, 0.3) is 0 Å². The summed E-state index contributed by atoms with van der Waals surface area (Å²) in [6, 6.07) is 0. The molecule has 0 fully saturated rings. The Morgan fingerprint density at radius 3 is 0.824 bits per heavy atom. The summed E-state index contributed by atoms with van der Waals surface area (Å²) in [7, 11) is 0. The van der Waals surface area contributed by atoms with Crippen LogP contribution in [0, 0.1) is 13.8 Å². The third kappa shape index (κ3) is 50.7. The first-order valence-electron chi connectivity index (χ1n) is 4.44. The Labute approximate surface area is 125 Å². The van der Waals surface area contributed by atoms with Gasteiger partial charge in [0.15, 0.2) is 0 Å². The van der Waals surface area contributed by atoms with Crippen molar-refractivity contribution in [1.29, 1.82) is 0 Å². The van der Waals surface area contributed by atoms with Crippen molar-refractivity contribution in [2.45, 2.75) is 27.7 Å². The van der Waals surface area contributed by atoms with Gasteiger partial charge in [-0.1, -0.05) is 40.9 Å². The Morgan fingerprint density at radius 1 is 0.765 bits per heavy atom. The van der Waals surface area contributed by atoms with Crippen molar-refractivity contribution in [1.82, 2.24) is 0 Å². The molecule has 0 amide bonds. The van der Waals surface area contributed by atoms with E-state index in [0.717, 1.165) is 0 Å². The number of rotatable bonds is 2. The average Bonchev–Trinajstić information content (AvgIpc) is 2.24. The van der Waals surface area contributed by atoms with Gasteiger partial charge in [0.05, 0.1) is 11.9 Å². The van der Waals surface area contributed by atoms with E-state index in [-0.39, 0.29) is 38.4 Å². The van der Waals surface area contributed by atoms with Gasteiger partial charge in [-0.3, -0.25) is 0 Å². The van der Waals surface area contributed by atoms with E-state index in [0.29, 0.717) is 0 Å². The van der Waals surface area contributed by atoms with Gasteiger partial charge in [-0.2, -0.15) is 0 Å². The fraction of sp³-hybridized carbons (Fsp3) is 0.333. The van der Waals surface area contributed by atoms with E-state index in [4.69, 9.17) is 0 Å². The quantitative estimate of drug-likeness (QED) is 0.449. The molecule has 96 valence electrons. The van der Waals surface area contributed by atoms with E-state index < -0.39 is 11.9 Å². The minimum atomic E-state index is -1.19. The van der Waals surface area contributed by atoms with Crippen molar-refractivity contribution in [3.63, 3.8) is 0 Å². The number of carboxylic acid groups (broad SMARTS) is 2. The molecular formula is C12H20O4Pb. The maximum atomic E-state index is 9.49. The Hall–Kier alpha value is -0.658.